The van der Waals surface area contributed by atoms with Crippen LogP contribution in [-0.4, -0.2) is 9.97 Å². The lowest BCUT2D eigenvalue weighted by Crippen LogP contribution is -1.98. The van der Waals surface area contributed by atoms with E-state index in [1.54, 1.807) is 6.07 Å². The van der Waals surface area contributed by atoms with Crippen LogP contribution >= 0.6 is 11.8 Å². The first-order valence-electron chi connectivity index (χ1n) is 5.70. The van der Waals surface area contributed by atoms with Crippen LogP contribution in [0.5, 0.6) is 0 Å². The maximum Gasteiger partial charge on any atom is 0.192 e. The normalized spacial score (nSPS) is 10.3. The summed E-state index contributed by atoms with van der Waals surface area (Å²) in [4.78, 5) is 9.41. The van der Waals surface area contributed by atoms with E-state index < -0.39 is 5.82 Å². The average molecular weight is 273 g/mol. The Kier molecular flexibility index (Phi) is 3.82. The summed E-state index contributed by atoms with van der Waals surface area (Å²) in [6.45, 7) is 5.81. The molecule has 0 aliphatic rings. The van der Waals surface area contributed by atoms with Crippen LogP contribution in [0.4, 0.5) is 4.39 Å². The van der Waals surface area contributed by atoms with Gasteiger partial charge in [0.05, 0.1) is 5.56 Å². The van der Waals surface area contributed by atoms with Gasteiger partial charge in [-0.25, -0.2) is 14.4 Å². The molecule has 3 nitrogen and oxygen atoms in total. The van der Waals surface area contributed by atoms with Gasteiger partial charge in [-0.1, -0.05) is 0 Å². The number of halogens is 1. The van der Waals surface area contributed by atoms with Gasteiger partial charge in [-0.05, 0) is 56.3 Å². The predicted molar refractivity (Wildman–Crippen MR) is 71.5 cm³/mol. The van der Waals surface area contributed by atoms with Crippen LogP contribution in [0.25, 0.3) is 0 Å². The van der Waals surface area contributed by atoms with Crippen LogP contribution in [0.15, 0.2) is 28.3 Å². The Balaban J connectivity index is 2.40. The molecule has 0 bridgehead atoms. The summed E-state index contributed by atoms with van der Waals surface area (Å²) in [5.41, 5.74) is 3.18. The summed E-state index contributed by atoms with van der Waals surface area (Å²) in [6, 6.07) is 6.11. The zero-order valence-corrected chi connectivity index (χ0v) is 11.7. The number of nitriles is 1. The molecule has 96 valence electrons. The number of hydrogen-bond acceptors (Lipinski definition) is 4. The zero-order valence-electron chi connectivity index (χ0n) is 10.9. The number of benzene rings is 1. The monoisotopic (exact) mass is 273 g/mol. The second kappa shape index (κ2) is 5.37. The third kappa shape index (κ3) is 2.91. The van der Waals surface area contributed by atoms with E-state index in [-0.39, 0.29) is 0 Å². The van der Waals surface area contributed by atoms with Gasteiger partial charge in [0.2, 0.25) is 0 Å². The smallest absolute Gasteiger partial charge is 0.192 e. The molecule has 0 saturated heterocycles. The van der Waals surface area contributed by atoms with Gasteiger partial charge in [-0.2, -0.15) is 5.26 Å². The van der Waals surface area contributed by atoms with Gasteiger partial charge < -0.3 is 0 Å². The molecule has 0 saturated carbocycles. The first kappa shape index (κ1) is 13.5. The molecule has 0 unspecified atom stereocenters. The predicted octanol–water partition coefficient (Wildman–Crippen LogP) is 3.56. The summed E-state index contributed by atoms with van der Waals surface area (Å²) >= 11 is 1.27. The van der Waals surface area contributed by atoms with Crippen molar-refractivity contribution in [3.05, 3.63) is 46.5 Å². The van der Waals surface area contributed by atoms with Gasteiger partial charge in [-0.15, -0.1) is 0 Å². The highest BCUT2D eigenvalue weighted by molar-refractivity contribution is 7.99. The van der Waals surface area contributed by atoms with E-state index in [1.165, 1.54) is 23.9 Å². The van der Waals surface area contributed by atoms with Gasteiger partial charge >= 0.3 is 0 Å². The molecule has 0 N–H and O–H groups in total. The fourth-order valence-electron chi connectivity index (χ4n) is 1.56. The van der Waals surface area contributed by atoms with Crippen molar-refractivity contribution < 1.29 is 4.39 Å². The van der Waals surface area contributed by atoms with Gasteiger partial charge in [0.1, 0.15) is 11.9 Å². The molecule has 0 radical (unpaired) electrons. The van der Waals surface area contributed by atoms with E-state index in [1.807, 2.05) is 26.8 Å². The Morgan fingerprint density at radius 3 is 2.37 bits per heavy atom. The summed E-state index contributed by atoms with van der Waals surface area (Å²) in [5.74, 6) is -0.418. The number of nitrogens with zero attached hydrogens (tertiary/aromatic N) is 3. The molecule has 19 heavy (non-hydrogen) atoms. The van der Waals surface area contributed by atoms with Crippen molar-refractivity contribution in [3.8, 4) is 6.07 Å². The van der Waals surface area contributed by atoms with E-state index in [2.05, 4.69) is 9.97 Å². The molecule has 0 aliphatic heterocycles. The quantitative estimate of drug-likeness (QED) is 0.785. The number of aromatic nitrogens is 2. The van der Waals surface area contributed by atoms with Crippen molar-refractivity contribution in [2.75, 3.05) is 0 Å². The maximum absolute atomic E-state index is 13.1. The second-order valence-corrected chi connectivity index (χ2v) is 5.17. The van der Waals surface area contributed by atoms with Crippen molar-refractivity contribution in [2.45, 2.75) is 30.8 Å². The average Bonchev–Trinajstić information content (AvgIpc) is 2.38. The molecule has 1 aromatic carbocycles. The SMILES string of the molecule is Cc1nc(Sc2ccc(F)cc2C#N)nc(C)c1C. The first-order chi connectivity index (χ1) is 9.01. The minimum absolute atomic E-state index is 0.296. The lowest BCUT2D eigenvalue weighted by Gasteiger charge is -2.07. The van der Waals surface area contributed by atoms with Crippen LogP contribution in [0.3, 0.4) is 0 Å². The highest BCUT2D eigenvalue weighted by Crippen LogP contribution is 2.29. The first-order valence-corrected chi connectivity index (χ1v) is 6.52. The topological polar surface area (TPSA) is 49.6 Å². The van der Waals surface area contributed by atoms with Gasteiger partial charge in [0, 0.05) is 16.3 Å². The standard InChI is InChI=1S/C14H12FN3S/c1-8-9(2)17-14(18-10(8)3)19-13-5-4-12(15)6-11(13)7-16/h4-6H,1-3H3. The highest BCUT2D eigenvalue weighted by Gasteiger charge is 2.10. The summed E-state index contributed by atoms with van der Waals surface area (Å²) in [7, 11) is 0. The highest BCUT2D eigenvalue weighted by atomic mass is 32.2. The molecule has 0 aliphatic carbocycles. The molecule has 0 amide bonds. The molecule has 1 aromatic heterocycles. The van der Waals surface area contributed by atoms with Crippen molar-refractivity contribution in [1.29, 1.82) is 5.26 Å². The molecule has 0 spiro atoms. The lowest BCUT2D eigenvalue weighted by atomic mass is 10.2. The van der Waals surface area contributed by atoms with Crippen molar-refractivity contribution in [2.24, 2.45) is 0 Å². The fourth-order valence-corrected chi connectivity index (χ4v) is 2.48. The van der Waals surface area contributed by atoms with Crippen LogP contribution in [0.2, 0.25) is 0 Å². The van der Waals surface area contributed by atoms with Crippen molar-refractivity contribution in [3.63, 3.8) is 0 Å². The molecule has 0 atom stereocenters. The maximum atomic E-state index is 13.1. The zero-order chi connectivity index (χ0) is 14.0. The minimum atomic E-state index is -0.418. The molecule has 0 fully saturated rings. The van der Waals surface area contributed by atoms with E-state index in [0.717, 1.165) is 17.0 Å². The van der Waals surface area contributed by atoms with Crippen LogP contribution < -0.4 is 0 Å². The Bertz CT molecular complexity index is 654. The van der Waals surface area contributed by atoms with E-state index in [0.29, 0.717) is 15.6 Å². The Morgan fingerprint density at radius 1 is 1.16 bits per heavy atom. The molecule has 2 aromatic rings. The largest absolute Gasteiger partial charge is 0.227 e. The summed E-state index contributed by atoms with van der Waals surface area (Å²) < 4.78 is 13.1. The Hall–Kier alpha value is -1.93. The van der Waals surface area contributed by atoms with E-state index >= 15 is 0 Å². The Labute approximate surface area is 115 Å². The van der Waals surface area contributed by atoms with Crippen LogP contribution in [-0.2, 0) is 0 Å². The van der Waals surface area contributed by atoms with Crippen molar-refractivity contribution >= 4 is 11.8 Å². The van der Waals surface area contributed by atoms with Crippen LogP contribution in [0, 0.1) is 37.9 Å². The number of hydrogen-bond donors (Lipinski definition) is 0. The fraction of sp³-hybridized carbons (Fsp3) is 0.214. The second-order valence-electron chi connectivity index (χ2n) is 4.16. The molecule has 5 heteroatoms. The summed E-state index contributed by atoms with van der Waals surface area (Å²) in [5, 5.41) is 9.58. The third-order valence-electron chi connectivity index (χ3n) is 2.88. The molecular weight excluding hydrogens is 261 g/mol. The number of aryl methyl sites for hydroxylation is 2. The van der Waals surface area contributed by atoms with E-state index in [9.17, 15) is 4.39 Å². The molecular formula is C14H12FN3S. The van der Waals surface area contributed by atoms with Crippen molar-refractivity contribution in [1.82, 2.24) is 9.97 Å². The number of rotatable bonds is 2. The van der Waals surface area contributed by atoms with Crippen LogP contribution in [0.1, 0.15) is 22.5 Å². The molecule has 2 rings (SSSR count). The molecule has 1 heterocycles. The van der Waals surface area contributed by atoms with E-state index in [4.69, 9.17) is 5.26 Å². The lowest BCUT2D eigenvalue weighted by molar-refractivity contribution is 0.626. The third-order valence-corrected chi connectivity index (χ3v) is 3.82. The van der Waals surface area contributed by atoms with Gasteiger partial charge in [0.15, 0.2) is 5.16 Å². The summed E-state index contributed by atoms with van der Waals surface area (Å²) in [6.07, 6.45) is 0. The Morgan fingerprint density at radius 2 is 1.79 bits per heavy atom. The van der Waals surface area contributed by atoms with Gasteiger partial charge in [0.25, 0.3) is 0 Å². The minimum Gasteiger partial charge on any atom is -0.227 e. The van der Waals surface area contributed by atoms with Gasteiger partial charge in [-0.3, -0.25) is 0 Å².